The third kappa shape index (κ3) is 8.29. The zero-order valence-corrected chi connectivity index (χ0v) is 25.5. The predicted octanol–water partition coefficient (Wildman–Crippen LogP) is 0.522. The Labute approximate surface area is 259 Å². The molecule has 2 aromatic rings. The first-order valence-corrected chi connectivity index (χ1v) is 14.2. The van der Waals surface area contributed by atoms with Gasteiger partial charge in [0.2, 0.25) is 29.4 Å². The van der Waals surface area contributed by atoms with Gasteiger partial charge in [-0.1, -0.05) is 31.5 Å². The maximum atomic E-state index is 13.6. The number of phenols is 1. The summed E-state index contributed by atoms with van der Waals surface area (Å²) in [5.74, 6) is -3.73. The van der Waals surface area contributed by atoms with Crippen molar-refractivity contribution in [1.82, 2.24) is 21.3 Å². The molecule has 9 N–H and O–H groups in total. The van der Waals surface area contributed by atoms with Gasteiger partial charge >= 0.3 is 0 Å². The summed E-state index contributed by atoms with van der Waals surface area (Å²) in [7, 11) is 2.88. The van der Waals surface area contributed by atoms with Crippen LogP contribution in [0.2, 0.25) is 5.02 Å². The van der Waals surface area contributed by atoms with Crippen LogP contribution >= 0.6 is 11.6 Å². The van der Waals surface area contributed by atoms with E-state index in [1.807, 2.05) is 13.8 Å². The van der Waals surface area contributed by atoms with Gasteiger partial charge in [-0.25, -0.2) is 0 Å². The number of amides is 4. The molecule has 0 saturated heterocycles. The van der Waals surface area contributed by atoms with Gasteiger partial charge in [0.25, 0.3) is 0 Å². The van der Waals surface area contributed by atoms with Crippen molar-refractivity contribution in [2.75, 3.05) is 20.8 Å². The Hall–Kier alpha value is -4.11. The first kappa shape index (κ1) is 34.4. The van der Waals surface area contributed by atoms with Crippen molar-refractivity contribution < 1.29 is 44.0 Å². The van der Waals surface area contributed by atoms with E-state index < -0.39 is 66.9 Å². The normalized spacial score (nSPS) is 21.2. The van der Waals surface area contributed by atoms with Gasteiger partial charge in [-0.2, -0.15) is 0 Å². The van der Waals surface area contributed by atoms with Crippen molar-refractivity contribution in [2.45, 2.75) is 57.0 Å². The Bertz CT molecular complexity index is 1390. The molecule has 0 spiro atoms. The zero-order valence-electron chi connectivity index (χ0n) is 24.7. The molecule has 2 aliphatic rings. The number of primary amides is 1. The summed E-state index contributed by atoms with van der Waals surface area (Å²) < 4.78 is 11.2. The number of fused-ring (bicyclic) bond motifs is 9. The minimum absolute atomic E-state index is 0.00222. The van der Waals surface area contributed by atoms with Crippen LogP contribution in [-0.4, -0.2) is 77.8 Å². The summed E-state index contributed by atoms with van der Waals surface area (Å²) in [6.07, 6.45) is -1.92. The molecule has 0 saturated carbocycles. The lowest BCUT2D eigenvalue weighted by atomic mass is 9.98. The Morgan fingerprint density at radius 1 is 1.09 bits per heavy atom. The Morgan fingerprint density at radius 2 is 1.77 bits per heavy atom. The predicted molar refractivity (Wildman–Crippen MR) is 159 cm³/mol. The first-order valence-electron chi connectivity index (χ1n) is 13.8. The molecule has 4 amide bonds. The van der Waals surface area contributed by atoms with Crippen LogP contribution in [0.1, 0.15) is 50.0 Å². The lowest BCUT2D eigenvalue weighted by molar-refractivity contribution is -0.136. The van der Waals surface area contributed by atoms with E-state index >= 15 is 0 Å². The van der Waals surface area contributed by atoms with Gasteiger partial charge in [0.15, 0.2) is 11.5 Å². The van der Waals surface area contributed by atoms with Crippen molar-refractivity contribution >= 4 is 35.2 Å². The van der Waals surface area contributed by atoms with Crippen LogP contribution in [0, 0.1) is 5.92 Å². The number of rotatable bonds is 9. The number of nitrogens with one attached hydrogen (secondary N) is 4. The number of methoxy groups -OCH3 is 1. The molecule has 5 atom stereocenters. The second kappa shape index (κ2) is 15.1. The summed E-state index contributed by atoms with van der Waals surface area (Å²) >= 11 is 6.49. The Kier molecular flexibility index (Phi) is 11.8. The van der Waals surface area contributed by atoms with Crippen LogP contribution in [0.3, 0.4) is 0 Å². The number of benzene rings is 2. The number of phenolic OH excluding ortho intramolecular Hbond substituents is 1. The molecule has 4 bridgehead atoms. The van der Waals surface area contributed by atoms with E-state index in [9.17, 15) is 34.5 Å². The number of nitrogens with two attached hydrogens (primary N) is 1. The third-order valence-electron chi connectivity index (χ3n) is 6.99. The molecular weight excluding hydrogens is 598 g/mol. The smallest absolute Gasteiger partial charge is 0.246 e. The highest BCUT2D eigenvalue weighted by molar-refractivity contribution is 6.32. The monoisotopic (exact) mass is 635 g/mol. The number of carbonyl (C=O) groups excluding carboxylic acids is 4. The average Bonchev–Trinajstić information content (AvgIpc) is 2.96. The summed E-state index contributed by atoms with van der Waals surface area (Å²) in [6, 6.07) is 1.67. The molecule has 0 aliphatic carbocycles. The van der Waals surface area contributed by atoms with E-state index in [2.05, 4.69) is 21.3 Å². The number of carbonyl (C=O) groups is 4. The molecule has 2 heterocycles. The van der Waals surface area contributed by atoms with Crippen LogP contribution in [-0.2, 0) is 19.2 Å². The number of aliphatic hydroxyl groups excluding tert-OH is 2. The summed E-state index contributed by atoms with van der Waals surface area (Å²) in [5.41, 5.74) is 5.66. The van der Waals surface area contributed by atoms with Gasteiger partial charge in [-0.3, -0.25) is 19.2 Å². The van der Waals surface area contributed by atoms with E-state index in [1.165, 1.54) is 37.4 Å². The van der Waals surface area contributed by atoms with Crippen LogP contribution in [0.4, 0.5) is 0 Å². The summed E-state index contributed by atoms with van der Waals surface area (Å²) in [5, 5.41) is 42.4. The maximum absolute atomic E-state index is 13.6. The second-order valence-corrected chi connectivity index (χ2v) is 11.1. The van der Waals surface area contributed by atoms with Crippen molar-refractivity contribution in [3.8, 4) is 23.0 Å². The molecule has 15 heteroatoms. The van der Waals surface area contributed by atoms with Gasteiger partial charge in [0, 0.05) is 0 Å². The van der Waals surface area contributed by atoms with Crippen LogP contribution in [0.25, 0.3) is 0 Å². The van der Waals surface area contributed by atoms with Gasteiger partial charge in [-0.15, -0.1) is 0 Å². The lowest BCUT2D eigenvalue weighted by Crippen LogP contribution is -2.58. The number of halogens is 1. The van der Waals surface area contributed by atoms with Crippen LogP contribution < -0.4 is 36.5 Å². The highest BCUT2D eigenvalue weighted by Gasteiger charge is 2.36. The van der Waals surface area contributed by atoms with E-state index in [4.69, 9.17) is 26.8 Å². The largest absolute Gasteiger partial charge is 0.504 e. The number of hydrogen-bond acceptors (Lipinski definition) is 10. The average molecular weight is 636 g/mol. The molecule has 2 aliphatic heterocycles. The number of aliphatic hydroxyl groups is 2. The lowest BCUT2D eigenvalue weighted by Gasteiger charge is -2.29. The number of hydrogen-bond donors (Lipinski definition) is 8. The fourth-order valence-corrected chi connectivity index (χ4v) is 4.96. The first-order chi connectivity index (χ1) is 20.8. The van der Waals surface area contributed by atoms with Crippen LogP contribution in [0.5, 0.6) is 23.0 Å². The van der Waals surface area contributed by atoms with E-state index in [1.54, 1.807) is 7.05 Å². The van der Waals surface area contributed by atoms with Crippen molar-refractivity contribution in [3.05, 3.63) is 46.5 Å². The zero-order chi connectivity index (χ0) is 32.7. The molecular formula is C29H38ClN5O9. The van der Waals surface area contributed by atoms with Crippen molar-refractivity contribution in [2.24, 2.45) is 11.7 Å². The van der Waals surface area contributed by atoms with E-state index in [0.717, 1.165) is 0 Å². The highest BCUT2D eigenvalue weighted by Crippen LogP contribution is 2.43. The van der Waals surface area contributed by atoms with Crippen LogP contribution in [0.15, 0.2) is 30.3 Å². The third-order valence-corrected chi connectivity index (χ3v) is 7.28. The maximum Gasteiger partial charge on any atom is 0.246 e. The minimum atomic E-state index is -1.68. The minimum Gasteiger partial charge on any atom is -0.504 e. The van der Waals surface area contributed by atoms with Gasteiger partial charge in [0.05, 0.1) is 37.2 Å². The fourth-order valence-electron chi connectivity index (χ4n) is 4.73. The standard InChI is InChI=1S/C29H38ClN5O9/c1-13(2)7-17(32-3)27(40)35-24-25(39)14-5-6-21(16(30)8-14)44-22-10-15(9-20(37)26(22)43-4)19(12-36)34-28(41)18(11-23(31)38)33-29(24)42/h5-6,8-10,13,17-19,24-25,32,36-37,39H,7,11-12H2,1-4H3,(H2,31,38)(H,33,42)(H,34,41)(H,35,40)/t17-,18+,19+,24-,25-/m1/s1. The second-order valence-electron chi connectivity index (χ2n) is 10.7. The highest BCUT2D eigenvalue weighted by atomic mass is 35.5. The molecule has 0 unspecified atom stereocenters. The summed E-state index contributed by atoms with van der Waals surface area (Å²) in [6.45, 7) is 3.16. The number of ether oxygens (including phenoxy) is 2. The summed E-state index contributed by atoms with van der Waals surface area (Å²) in [4.78, 5) is 52.1. The van der Waals surface area contributed by atoms with E-state index in [0.29, 0.717) is 6.42 Å². The number of likely N-dealkylation sites (N-methyl/N-ethyl adjacent to an activating group) is 1. The molecule has 240 valence electrons. The number of aromatic hydroxyl groups is 1. The molecule has 0 aromatic heterocycles. The molecule has 0 radical (unpaired) electrons. The van der Waals surface area contributed by atoms with Crippen molar-refractivity contribution in [3.63, 3.8) is 0 Å². The topological polar surface area (TPSA) is 222 Å². The van der Waals surface area contributed by atoms with Gasteiger partial charge < -0.3 is 51.8 Å². The molecule has 2 aromatic carbocycles. The Morgan fingerprint density at radius 3 is 2.34 bits per heavy atom. The SMILES string of the molecule is CN[C@H](CC(C)C)C(=O)N[C@H]1C(=O)N[C@@H](CC(N)=O)C(=O)N[C@@H](CO)c2cc(O)c(OC)c(c2)Oc2ccc(cc2Cl)[C@H]1O. The van der Waals surface area contributed by atoms with Crippen molar-refractivity contribution in [1.29, 1.82) is 0 Å². The van der Waals surface area contributed by atoms with Gasteiger partial charge in [-0.05, 0) is 54.8 Å². The quantitative estimate of drug-likeness (QED) is 0.191. The van der Waals surface area contributed by atoms with Gasteiger partial charge in [0.1, 0.15) is 23.9 Å². The molecule has 0 fully saturated rings. The fraction of sp³-hybridized carbons (Fsp3) is 0.448. The molecule has 44 heavy (non-hydrogen) atoms. The molecule has 4 rings (SSSR count). The Balaban J connectivity index is 2.16. The molecule has 14 nitrogen and oxygen atoms in total. The van der Waals surface area contributed by atoms with E-state index in [-0.39, 0.29) is 45.1 Å².